The van der Waals surface area contributed by atoms with E-state index in [4.69, 9.17) is 10.6 Å². The minimum Gasteiger partial charge on any atom is -0.477 e. The fourth-order valence-corrected chi connectivity index (χ4v) is 7.66. The first-order valence-electron chi connectivity index (χ1n) is 11.2. The zero-order chi connectivity index (χ0) is 28.1. The maximum atomic E-state index is 13.2. The number of nitrogens with zero attached hydrogens (tertiary/aromatic N) is 5. The molecule has 3 aromatic rings. The summed E-state index contributed by atoms with van der Waals surface area (Å²) >= 11 is 1.97. The van der Waals surface area contributed by atoms with Crippen molar-refractivity contribution in [2.75, 3.05) is 24.9 Å². The van der Waals surface area contributed by atoms with E-state index < -0.39 is 44.7 Å². The summed E-state index contributed by atoms with van der Waals surface area (Å²) in [6.45, 7) is 0.257. The van der Waals surface area contributed by atoms with Gasteiger partial charge in [0, 0.05) is 23.6 Å². The topological polar surface area (TPSA) is 190 Å². The molecule has 1 fully saturated rings. The maximum absolute atomic E-state index is 13.2. The molecular weight excluding hydrogens is 570 g/mol. The molecule has 2 amide bonds. The SMILES string of the molecule is CO/N=C(\C(=O)N[C@@H]1C(=O)N2C(C(=O)O)=C(C[n+]3ccn4ccccc43)CS[C@H]12)c1nc(N)sc1S(C)(=O)=O. The minimum absolute atomic E-state index is 0.103. The Balaban J connectivity index is 1.40. The van der Waals surface area contributed by atoms with Crippen LogP contribution in [0.1, 0.15) is 5.69 Å². The molecule has 0 saturated carbocycles. The van der Waals surface area contributed by atoms with E-state index in [1.54, 1.807) is 0 Å². The van der Waals surface area contributed by atoms with Gasteiger partial charge in [-0.25, -0.2) is 27.2 Å². The average Bonchev–Trinajstić information content (AvgIpc) is 3.48. The van der Waals surface area contributed by atoms with Crippen LogP contribution in [0.15, 0.2) is 57.4 Å². The van der Waals surface area contributed by atoms with Crippen LogP contribution >= 0.6 is 23.1 Å². The quantitative estimate of drug-likeness (QED) is 0.133. The van der Waals surface area contributed by atoms with E-state index in [9.17, 15) is 27.9 Å². The van der Waals surface area contributed by atoms with Gasteiger partial charge in [-0.2, -0.15) is 0 Å². The van der Waals surface area contributed by atoms with Gasteiger partial charge in [0.25, 0.3) is 17.5 Å². The van der Waals surface area contributed by atoms with Crippen molar-refractivity contribution in [2.45, 2.75) is 22.2 Å². The van der Waals surface area contributed by atoms with Crippen LogP contribution in [0.25, 0.3) is 5.65 Å². The number of oxime groups is 1. The number of fused-ring (bicyclic) bond motifs is 2. The summed E-state index contributed by atoms with van der Waals surface area (Å²) in [6, 6.07) is 4.56. The molecule has 0 radical (unpaired) electrons. The van der Waals surface area contributed by atoms with Gasteiger partial charge >= 0.3 is 5.97 Å². The molecule has 204 valence electrons. The van der Waals surface area contributed by atoms with Crippen molar-refractivity contribution in [3.8, 4) is 0 Å². The zero-order valence-electron chi connectivity index (χ0n) is 20.5. The maximum Gasteiger partial charge on any atom is 0.352 e. The van der Waals surface area contributed by atoms with Gasteiger partial charge in [0.2, 0.25) is 0 Å². The molecule has 2 atom stereocenters. The van der Waals surface area contributed by atoms with Crippen molar-refractivity contribution >= 4 is 67.2 Å². The number of pyridine rings is 1. The van der Waals surface area contributed by atoms with Crippen LogP contribution in [0.3, 0.4) is 0 Å². The number of aliphatic carboxylic acids is 1. The molecule has 3 aromatic heterocycles. The molecule has 1 saturated heterocycles. The number of aromatic nitrogens is 3. The van der Waals surface area contributed by atoms with Crippen LogP contribution in [0, 0.1) is 0 Å². The molecule has 0 aromatic carbocycles. The summed E-state index contributed by atoms with van der Waals surface area (Å²) < 4.78 is 27.9. The summed E-state index contributed by atoms with van der Waals surface area (Å²) in [7, 11) is -2.65. The fraction of sp³-hybridized carbons (Fsp3) is 0.273. The van der Waals surface area contributed by atoms with E-state index in [-0.39, 0.29) is 27.3 Å². The Hall–Kier alpha value is -3.96. The van der Waals surface area contributed by atoms with Crippen LogP contribution < -0.4 is 15.6 Å². The molecule has 2 aliphatic rings. The van der Waals surface area contributed by atoms with Crippen molar-refractivity contribution in [3.63, 3.8) is 0 Å². The molecule has 17 heteroatoms. The number of amides is 2. The number of nitrogen functional groups attached to an aromatic ring is 1. The Bertz CT molecular complexity index is 1690. The van der Waals surface area contributed by atoms with E-state index in [1.807, 2.05) is 45.8 Å². The van der Waals surface area contributed by atoms with Crippen molar-refractivity contribution in [1.82, 2.24) is 19.6 Å². The lowest BCUT2D eigenvalue weighted by molar-refractivity contribution is -0.662. The molecule has 4 N–H and O–H groups in total. The number of carbonyl (C=O) groups excluding carboxylic acids is 2. The second-order valence-corrected chi connectivity index (χ2v) is 12.9. The van der Waals surface area contributed by atoms with Gasteiger partial charge in [-0.15, -0.1) is 11.8 Å². The Morgan fingerprint density at radius 3 is 2.82 bits per heavy atom. The number of rotatable bonds is 8. The highest BCUT2D eigenvalue weighted by molar-refractivity contribution is 8.00. The minimum atomic E-state index is -3.81. The smallest absolute Gasteiger partial charge is 0.352 e. The van der Waals surface area contributed by atoms with E-state index in [1.165, 1.54) is 11.8 Å². The highest BCUT2D eigenvalue weighted by atomic mass is 32.2. The van der Waals surface area contributed by atoms with Crippen LogP contribution in [0.4, 0.5) is 5.13 Å². The van der Waals surface area contributed by atoms with Crippen LogP contribution in [0.2, 0.25) is 0 Å². The summed E-state index contributed by atoms with van der Waals surface area (Å²) in [6.07, 6.45) is 6.48. The summed E-state index contributed by atoms with van der Waals surface area (Å²) in [5.41, 5.74) is 6.16. The highest BCUT2D eigenvalue weighted by Crippen LogP contribution is 2.40. The molecular formula is C22H22N7O7S3+. The summed E-state index contributed by atoms with van der Waals surface area (Å²) in [4.78, 5) is 48.4. The predicted molar refractivity (Wildman–Crippen MR) is 140 cm³/mol. The largest absolute Gasteiger partial charge is 0.477 e. The lowest BCUT2D eigenvalue weighted by Gasteiger charge is -2.49. The molecule has 2 aliphatic heterocycles. The number of thiazole rings is 1. The number of carboxylic acid groups (broad SMARTS) is 1. The van der Waals surface area contributed by atoms with Gasteiger partial charge in [-0.1, -0.05) is 22.6 Å². The van der Waals surface area contributed by atoms with Crippen LogP contribution in [-0.2, 0) is 35.6 Å². The van der Waals surface area contributed by atoms with E-state index in [0.717, 1.165) is 23.9 Å². The van der Waals surface area contributed by atoms with Gasteiger partial charge in [-0.3, -0.25) is 14.5 Å². The first-order chi connectivity index (χ1) is 18.5. The van der Waals surface area contributed by atoms with Gasteiger partial charge in [0.1, 0.15) is 48.9 Å². The molecule has 0 aliphatic carbocycles. The molecule has 0 bridgehead atoms. The Morgan fingerprint density at radius 1 is 1.36 bits per heavy atom. The monoisotopic (exact) mass is 592 g/mol. The summed E-state index contributed by atoms with van der Waals surface area (Å²) in [5, 5.41) is 15.4. The number of β-lactam (4-membered cyclic amide) rings is 1. The number of nitrogens with one attached hydrogen (secondary N) is 1. The number of anilines is 1. The molecule has 39 heavy (non-hydrogen) atoms. The first-order valence-corrected chi connectivity index (χ1v) is 15.0. The van der Waals surface area contributed by atoms with Gasteiger partial charge in [0.05, 0.1) is 6.20 Å². The van der Waals surface area contributed by atoms with Crippen LogP contribution in [0.5, 0.6) is 0 Å². The van der Waals surface area contributed by atoms with Gasteiger partial charge < -0.3 is 21.0 Å². The van der Waals surface area contributed by atoms with Crippen molar-refractivity contribution < 1.29 is 37.3 Å². The number of hydrogen-bond acceptors (Lipinski definition) is 11. The van der Waals surface area contributed by atoms with Gasteiger partial charge in [0.15, 0.2) is 24.9 Å². The molecule has 5 heterocycles. The lowest BCUT2D eigenvalue weighted by Crippen LogP contribution is -2.71. The predicted octanol–water partition coefficient (Wildman–Crippen LogP) is -0.542. The molecule has 0 unspecified atom stereocenters. The zero-order valence-corrected chi connectivity index (χ0v) is 22.9. The molecule has 14 nitrogen and oxygen atoms in total. The lowest BCUT2D eigenvalue weighted by atomic mass is 10.0. The van der Waals surface area contributed by atoms with Crippen LogP contribution in [-0.4, -0.2) is 81.8 Å². The number of sulfone groups is 1. The summed E-state index contributed by atoms with van der Waals surface area (Å²) in [5.74, 6) is -2.50. The second kappa shape index (κ2) is 9.97. The fourth-order valence-electron chi connectivity index (χ4n) is 4.41. The molecule has 5 rings (SSSR count). The Kier molecular flexibility index (Phi) is 6.81. The normalized spacial score (nSPS) is 19.6. The van der Waals surface area contributed by atoms with E-state index in [0.29, 0.717) is 22.7 Å². The number of nitrogens with two attached hydrogens (primary N) is 1. The number of hydrogen-bond donors (Lipinski definition) is 3. The third kappa shape index (κ3) is 4.72. The number of carboxylic acids is 1. The molecule has 0 spiro atoms. The van der Waals surface area contributed by atoms with Crippen molar-refractivity contribution in [2.24, 2.45) is 5.16 Å². The second-order valence-electron chi connectivity index (χ2n) is 8.59. The van der Waals surface area contributed by atoms with E-state index in [2.05, 4.69) is 15.5 Å². The van der Waals surface area contributed by atoms with Gasteiger partial charge in [-0.05, 0) is 6.07 Å². The Morgan fingerprint density at radius 2 is 2.13 bits per heavy atom. The van der Waals surface area contributed by atoms with E-state index >= 15 is 0 Å². The first kappa shape index (κ1) is 26.6. The number of carbonyl (C=O) groups is 3. The third-order valence-corrected chi connectivity index (χ3v) is 10.1. The Labute approximate surface area is 229 Å². The number of imidazole rings is 1. The standard InChI is InChI=1S/C22H21N7O7S3/c1-36-26-13(14-21(39(2,34)35)38-22(23)25-14)17(30)24-15-18(31)29-16(20(32)33)11(10-37-19(15)29)9-28-8-7-27-6-4-3-5-12(27)28/h3-8,15,19H,9-10H2,1-2H3,(H3-,23,24,25,30,32,33)/p+1/b26-13-/t15-,19-/m1/s1. The number of thioether (sulfide) groups is 1. The highest BCUT2D eigenvalue weighted by Gasteiger charge is 2.54. The average molecular weight is 593 g/mol. The van der Waals surface area contributed by atoms with Crippen molar-refractivity contribution in [1.29, 1.82) is 0 Å². The third-order valence-electron chi connectivity index (χ3n) is 6.04. The van der Waals surface area contributed by atoms with Crippen molar-refractivity contribution in [3.05, 3.63) is 53.8 Å².